The highest BCUT2D eigenvalue weighted by atomic mass is 32.2. The standard InChI is InChI=1S/C21H42N2O4S/c1-3-4-5-7-11-19(22-23-16-10-12-20(23)18-26-2)15-17-28(24,25)27-21-13-8-6-9-14-21/h19-22H,3-18H2,1-2H3/t19-,20+/m1/s1. The van der Waals surface area contributed by atoms with Gasteiger partial charge in [-0.2, -0.15) is 8.42 Å². The summed E-state index contributed by atoms with van der Waals surface area (Å²) in [6.45, 7) is 3.94. The van der Waals surface area contributed by atoms with E-state index in [2.05, 4.69) is 17.4 Å². The van der Waals surface area contributed by atoms with Gasteiger partial charge >= 0.3 is 0 Å². The highest BCUT2D eigenvalue weighted by molar-refractivity contribution is 7.86. The molecule has 0 spiro atoms. The lowest BCUT2D eigenvalue weighted by molar-refractivity contribution is 0.0682. The molecule has 1 aliphatic carbocycles. The second kappa shape index (κ2) is 13.2. The monoisotopic (exact) mass is 418 g/mol. The summed E-state index contributed by atoms with van der Waals surface area (Å²) < 4.78 is 35.9. The minimum atomic E-state index is -3.45. The minimum absolute atomic E-state index is 0.0978. The molecule has 0 bridgehead atoms. The maximum absolute atomic E-state index is 12.5. The van der Waals surface area contributed by atoms with Crippen molar-refractivity contribution in [3.05, 3.63) is 0 Å². The zero-order chi connectivity index (χ0) is 20.2. The zero-order valence-electron chi connectivity index (χ0n) is 18.0. The molecular weight excluding hydrogens is 376 g/mol. The van der Waals surface area contributed by atoms with Crippen molar-refractivity contribution in [3.8, 4) is 0 Å². The first-order chi connectivity index (χ1) is 13.5. The van der Waals surface area contributed by atoms with E-state index in [0.717, 1.165) is 64.5 Å². The van der Waals surface area contributed by atoms with Crippen LogP contribution in [0.25, 0.3) is 0 Å². The summed E-state index contributed by atoms with van der Waals surface area (Å²) in [5.41, 5.74) is 3.64. The summed E-state index contributed by atoms with van der Waals surface area (Å²) in [4.78, 5) is 0. The van der Waals surface area contributed by atoms with Gasteiger partial charge in [0, 0.05) is 25.7 Å². The van der Waals surface area contributed by atoms with Crippen molar-refractivity contribution in [2.45, 2.75) is 109 Å². The van der Waals surface area contributed by atoms with Crippen molar-refractivity contribution in [1.29, 1.82) is 0 Å². The van der Waals surface area contributed by atoms with Gasteiger partial charge in [0.2, 0.25) is 0 Å². The van der Waals surface area contributed by atoms with E-state index in [-0.39, 0.29) is 17.9 Å². The van der Waals surface area contributed by atoms with Gasteiger partial charge in [-0.15, -0.1) is 0 Å². The Morgan fingerprint density at radius 3 is 2.54 bits per heavy atom. The Morgan fingerprint density at radius 2 is 1.82 bits per heavy atom. The summed E-state index contributed by atoms with van der Waals surface area (Å²) in [5, 5.41) is 2.28. The number of hydrazine groups is 1. The van der Waals surface area contributed by atoms with Crippen LogP contribution in [0.1, 0.15) is 90.4 Å². The average Bonchev–Trinajstić information content (AvgIpc) is 3.10. The number of rotatable bonds is 14. The van der Waals surface area contributed by atoms with Crippen molar-refractivity contribution in [2.75, 3.05) is 26.0 Å². The first-order valence-electron chi connectivity index (χ1n) is 11.5. The molecule has 0 unspecified atom stereocenters. The lowest BCUT2D eigenvalue weighted by atomic mass is 9.98. The van der Waals surface area contributed by atoms with Gasteiger partial charge in [0.25, 0.3) is 10.1 Å². The molecule has 1 aliphatic heterocycles. The number of unbranched alkanes of at least 4 members (excludes halogenated alkanes) is 3. The van der Waals surface area contributed by atoms with Crippen LogP contribution in [-0.4, -0.2) is 57.6 Å². The number of hydrogen-bond acceptors (Lipinski definition) is 6. The molecule has 6 nitrogen and oxygen atoms in total. The smallest absolute Gasteiger partial charge is 0.267 e. The van der Waals surface area contributed by atoms with Crippen LogP contribution < -0.4 is 5.43 Å². The molecule has 1 saturated carbocycles. The summed E-state index contributed by atoms with van der Waals surface area (Å²) in [6, 6.07) is 0.567. The minimum Gasteiger partial charge on any atom is -0.383 e. The van der Waals surface area contributed by atoms with Crippen LogP contribution >= 0.6 is 0 Å². The van der Waals surface area contributed by atoms with Crippen molar-refractivity contribution in [1.82, 2.24) is 10.4 Å². The third kappa shape index (κ3) is 9.08. The summed E-state index contributed by atoms with van der Waals surface area (Å²) in [5.74, 6) is 0.109. The topological polar surface area (TPSA) is 67.9 Å². The molecule has 1 heterocycles. The van der Waals surface area contributed by atoms with E-state index in [4.69, 9.17) is 8.92 Å². The number of methoxy groups -OCH3 is 1. The van der Waals surface area contributed by atoms with E-state index in [1.807, 2.05) is 0 Å². The summed E-state index contributed by atoms with van der Waals surface area (Å²) in [6.07, 6.45) is 13.7. The summed E-state index contributed by atoms with van der Waals surface area (Å²) >= 11 is 0. The molecule has 0 aromatic heterocycles. The van der Waals surface area contributed by atoms with E-state index in [9.17, 15) is 8.42 Å². The third-order valence-corrected chi connectivity index (χ3v) is 7.34. The van der Waals surface area contributed by atoms with Gasteiger partial charge in [-0.3, -0.25) is 9.61 Å². The second-order valence-corrected chi connectivity index (χ2v) is 10.2. The van der Waals surface area contributed by atoms with Gasteiger partial charge in [-0.05, 0) is 38.5 Å². The number of hydrogen-bond donors (Lipinski definition) is 1. The molecule has 1 N–H and O–H groups in total. The molecule has 28 heavy (non-hydrogen) atoms. The fourth-order valence-corrected chi connectivity index (χ4v) is 5.68. The highest BCUT2D eigenvalue weighted by Crippen LogP contribution is 2.23. The van der Waals surface area contributed by atoms with Crippen molar-refractivity contribution in [2.24, 2.45) is 0 Å². The molecular formula is C21H42N2O4S. The Labute approximate surface area is 172 Å². The average molecular weight is 419 g/mol. The number of ether oxygens (including phenoxy) is 1. The van der Waals surface area contributed by atoms with E-state index in [1.54, 1.807) is 7.11 Å². The van der Waals surface area contributed by atoms with Gasteiger partial charge in [0.15, 0.2) is 0 Å². The Balaban J connectivity index is 1.84. The molecule has 7 heteroatoms. The van der Waals surface area contributed by atoms with Gasteiger partial charge in [-0.25, -0.2) is 5.01 Å². The Hall–Kier alpha value is -0.210. The van der Waals surface area contributed by atoms with E-state index >= 15 is 0 Å². The molecule has 2 fully saturated rings. The molecule has 2 aliphatic rings. The van der Waals surface area contributed by atoms with E-state index < -0.39 is 10.1 Å². The van der Waals surface area contributed by atoms with Crippen LogP contribution in [-0.2, 0) is 19.0 Å². The van der Waals surface area contributed by atoms with Gasteiger partial charge in [0.1, 0.15) is 0 Å². The largest absolute Gasteiger partial charge is 0.383 e. The molecule has 1 saturated heterocycles. The zero-order valence-corrected chi connectivity index (χ0v) is 18.9. The molecule has 2 rings (SSSR count). The van der Waals surface area contributed by atoms with Gasteiger partial charge in [-0.1, -0.05) is 51.9 Å². The molecule has 0 amide bonds. The third-order valence-electron chi connectivity index (χ3n) is 6.04. The van der Waals surface area contributed by atoms with Crippen LogP contribution in [0.15, 0.2) is 0 Å². The van der Waals surface area contributed by atoms with Gasteiger partial charge in [0.05, 0.1) is 18.5 Å². The Bertz CT molecular complexity index is 509. The SMILES string of the molecule is CCCCCC[C@H](CCS(=O)(=O)OC1CCCCC1)NN1CCC[C@H]1COC. The molecule has 2 atom stereocenters. The van der Waals surface area contributed by atoms with Crippen LogP contribution in [0.2, 0.25) is 0 Å². The first kappa shape index (κ1) is 24.1. The normalized spacial score (nSPS) is 23.3. The maximum atomic E-state index is 12.5. The van der Waals surface area contributed by atoms with E-state index in [0.29, 0.717) is 12.5 Å². The van der Waals surface area contributed by atoms with Crippen molar-refractivity contribution in [3.63, 3.8) is 0 Å². The van der Waals surface area contributed by atoms with Gasteiger partial charge < -0.3 is 4.74 Å². The Kier molecular flexibility index (Phi) is 11.3. The van der Waals surface area contributed by atoms with Crippen LogP contribution in [0.5, 0.6) is 0 Å². The van der Waals surface area contributed by atoms with E-state index in [1.165, 1.54) is 25.7 Å². The highest BCUT2D eigenvalue weighted by Gasteiger charge is 2.28. The van der Waals surface area contributed by atoms with Crippen molar-refractivity contribution < 1.29 is 17.3 Å². The molecule has 0 radical (unpaired) electrons. The fraction of sp³-hybridized carbons (Fsp3) is 1.00. The predicted molar refractivity (Wildman–Crippen MR) is 114 cm³/mol. The first-order valence-corrected chi connectivity index (χ1v) is 13.0. The lowest BCUT2D eigenvalue weighted by Gasteiger charge is -2.30. The van der Waals surface area contributed by atoms with Crippen LogP contribution in [0, 0.1) is 0 Å². The van der Waals surface area contributed by atoms with Crippen LogP contribution in [0.3, 0.4) is 0 Å². The quantitative estimate of drug-likeness (QED) is 0.340. The number of nitrogens with one attached hydrogen (secondary N) is 1. The fourth-order valence-electron chi connectivity index (χ4n) is 4.40. The molecule has 0 aromatic carbocycles. The molecule has 166 valence electrons. The predicted octanol–water partition coefficient (Wildman–Crippen LogP) is 4.01. The van der Waals surface area contributed by atoms with Crippen molar-refractivity contribution >= 4 is 10.1 Å². The summed E-state index contributed by atoms with van der Waals surface area (Å²) in [7, 11) is -1.71. The number of nitrogens with zero attached hydrogens (tertiary/aromatic N) is 1. The Morgan fingerprint density at radius 1 is 1.04 bits per heavy atom. The lowest BCUT2D eigenvalue weighted by Crippen LogP contribution is -2.49. The van der Waals surface area contributed by atoms with Crippen LogP contribution in [0.4, 0.5) is 0 Å². The molecule has 0 aromatic rings. The second-order valence-electron chi connectivity index (χ2n) is 8.53. The maximum Gasteiger partial charge on any atom is 0.267 e.